The highest BCUT2D eigenvalue weighted by atomic mass is 32.1. The SMILES string of the molecule is Nc1sc2ccccc2c1C(=O)c1cccc2ccccc12. The number of benzene rings is 3. The third-order valence-corrected chi connectivity index (χ3v) is 4.88. The number of rotatable bonds is 2. The molecule has 0 saturated carbocycles. The largest absolute Gasteiger partial charge is 0.390 e. The molecule has 0 aliphatic rings. The predicted octanol–water partition coefficient (Wildman–Crippen LogP) is 4.87. The summed E-state index contributed by atoms with van der Waals surface area (Å²) in [5, 5.41) is 3.54. The fourth-order valence-electron chi connectivity index (χ4n) is 2.86. The van der Waals surface area contributed by atoms with Crippen LogP contribution in [0.5, 0.6) is 0 Å². The maximum absolute atomic E-state index is 13.1. The summed E-state index contributed by atoms with van der Waals surface area (Å²) in [7, 11) is 0. The molecule has 4 rings (SSSR count). The van der Waals surface area contributed by atoms with Crippen molar-refractivity contribution in [2.45, 2.75) is 0 Å². The minimum atomic E-state index is -0.00764. The van der Waals surface area contributed by atoms with Crippen molar-refractivity contribution in [3.05, 3.63) is 77.9 Å². The maximum atomic E-state index is 13.1. The van der Waals surface area contributed by atoms with Gasteiger partial charge >= 0.3 is 0 Å². The summed E-state index contributed by atoms with van der Waals surface area (Å²) >= 11 is 1.46. The Bertz CT molecular complexity index is 1010. The highest BCUT2D eigenvalue weighted by Crippen LogP contribution is 2.35. The van der Waals surface area contributed by atoms with Crippen LogP contribution in [0.25, 0.3) is 20.9 Å². The zero-order valence-corrected chi connectivity index (χ0v) is 12.6. The van der Waals surface area contributed by atoms with Crippen molar-refractivity contribution in [1.29, 1.82) is 0 Å². The van der Waals surface area contributed by atoms with E-state index in [-0.39, 0.29) is 5.78 Å². The number of nitrogen functional groups attached to an aromatic ring is 1. The summed E-state index contributed by atoms with van der Waals surface area (Å²) in [6, 6.07) is 21.6. The first kappa shape index (κ1) is 13.0. The number of thiophene rings is 1. The third kappa shape index (κ3) is 1.90. The molecule has 0 spiro atoms. The fourth-order valence-corrected chi connectivity index (χ4v) is 3.82. The summed E-state index contributed by atoms with van der Waals surface area (Å²) in [5.74, 6) is -0.00764. The van der Waals surface area contributed by atoms with Crippen LogP contribution in [-0.4, -0.2) is 5.78 Å². The Morgan fingerprint density at radius 3 is 2.36 bits per heavy atom. The molecular weight excluding hydrogens is 290 g/mol. The van der Waals surface area contributed by atoms with Crippen LogP contribution < -0.4 is 5.73 Å². The second-order valence-electron chi connectivity index (χ2n) is 5.19. The van der Waals surface area contributed by atoms with Gasteiger partial charge in [0.1, 0.15) is 0 Å². The van der Waals surface area contributed by atoms with Crippen LogP contribution in [0.3, 0.4) is 0 Å². The first-order valence-electron chi connectivity index (χ1n) is 7.05. The number of carbonyl (C=O) groups is 1. The van der Waals surface area contributed by atoms with Crippen LogP contribution in [0.4, 0.5) is 5.00 Å². The van der Waals surface area contributed by atoms with Crippen molar-refractivity contribution in [3.8, 4) is 0 Å². The molecule has 0 saturated heterocycles. The van der Waals surface area contributed by atoms with E-state index in [0.717, 1.165) is 20.9 Å². The van der Waals surface area contributed by atoms with E-state index in [1.165, 1.54) is 11.3 Å². The van der Waals surface area contributed by atoms with E-state index in [4.69, 9.17) is 5.73 Å². The number of ketones is 1. The van der Waals surface area contributed by atoms with Crippen molar-refractivity contribution in [1.82, 2.24) is 0 Å². The molecule has 3 aromatic carbocycles. The van der Waals surface area contributed by atoms with Gasteiger partial charge in [0.15, 0.2) is 5.78 Å². The van der Waals surface area contributed by atoms with Crippen molar-refractivity contribution in [2.75, 3.05) is 5.73 Å². The van der Waals surface area contributed by atoms with E-state index in [2.05, 4.69) is 0 Å². The summed E-state index contributed by atoms with van der Waals surface area (Å²) < 4.78 is 1.04. The van der Waals surface area contributed by atoms with Crippen molar-refractivity contribution in [3.63, 3.8) is 0 Å². The number of hydrogen-bond acceptors (Lipinski definition) is 3. The van der Waals surface area contributed by atoms with Crippen LogP contribution in [0.2, 0.25) is 0 Å². The van der Waals surface area contributed by atoms with E-state index in [9.17, 15) is 4.79 Å². The molecule has 2 nitrogen and oxygen atoms in total. The van der Waals surface area contributed by atoms with E-state index < -0.39 is 0 Å². The molecule has 1 heterocycles. The Kier molecular flexibility index (Phi) is 2.94. The lowest BCUT2D eigenvalue weighted by atomic mass is 9.96. The predicted molar refractivity (Wildman–Crippen MR) is 93.6 cm³/mol. The second kappa shape index (κ2) is 4.97. The van der Waals surface area contributed by atoms with Gasteiger partial charge in [-0.2, -0.15) is 0 Å². The summed E-state index contributed by atoms with van der Waals surface area (Å²) in [4.78, 5) is 13.1. The molecule has 106 valence electrons. The Labute approximate surface area is 131 Å². The normalized spacial score (nSPS) is 11.1. The molecule has 0 bridgehead atoms. The Morgan fingerprint density at radius 2 is 1.50 bits per heavy atom. The molecule has 0 aliphatic heterocycles. The molecule has 0 amide bonds. The Hall–Kier alpha value is -2.65. The van der Waals surface area contributed by atoms with Crippen LogP contribution in [0.1, 0.15) is 15.9 Å². The monoisotopic (exact) mass is 303 g/mol. The van der Waals surface area contributed by atoms with Crippen LogP contribution >= 0.6 is 11.3 Å². The molecule has 0 fully saturated rings. The molecular formula is C19H13NOS. The van der Waals surface area contributed by atoms with E-state index in [1.807, 2.05) is 66.7 Å². The van der Waals surface area contributed by atoms with Gasteiger partial charge in [0.25, 0.3) is 0 Å². The van der Waals surface area contributed by atoms with Gasteiger partial charge in [-0.05, 0) is 16.8 Å². The van der Waals surface area contributed by atoms with Gasteiger partial charge in [-0.3, -0.25) is 4.79 Å². The van der Waals surface area contributed by atoms with Crippen LogP contribution in [0, 0.1) is 0 Å². The number of carbonyl (C=O) groups excluding carboxylic acids is 1. The quantitative estimate of drug-likeness (QED) is 0.537. The minimum absolute atomic E-state index is 0.00764. The van der Waals surface area contributed by atoms with Gasteiger partial charge in [-0.1, -0.05) is 60.7 Å². The summed E-state index contributed by atoms with van der Waals surface area (Å²) in [6.07, 6.45) is 0. The fraction of sp³-hybridized carbons (Fsp3) is 0. The molecule has 0 radical (unpaired) electrons. The van der Waals surface area contributed by atoms with Crippen LogP contribution in [0.15, 0.2) is 66.7 Å². The van der Waals surface area contributed by atoms with Gasteiger partial charge in [-0.15, -0.1) is 11.3 Å². The lowest BCUT2D eigenvalue weighted by Crippen LogP contribution is -2.04. The van der Waals surface area contributed by atoms with E-state index >= 15 is 0 Å². The maximum Gasteiger partial charge on any atom is 0.197 e. The molecule has 0 unspecified atom stereocenters. The molecule has 2 N–H and O–H groups in total. The van der Waals surface area contributed by atoms with Gasteiger partial charge in [-0.25, -0.2) is 0 Å². The Morgan fingerprint density at radius 1 is 0.818 bits per heavy atom. The lowest BCUT2D eigenvalue weighted by molar-refractivity contribution is 0.104. The second-order valence-corrected chi connectivity index (χ2v) is 6.28. The average molecular weight is 303 g/mol. The Balaban J connectivity index is 1.98. The topological polar surface area (TPSA) is 43.1 Å². The molecule has 0 aliphatic carbocycles. The van der Waals surface area contributed by atoms with Crippen molar-refractivity contribution < 1.29 is 4.79 Å². The van der Waals surface area contributed by atoms with Crippen molar-refractivity contribution >= 4 is 43.0 Å². The van der Waals surface area contributed by atoms with Crippen molar-refractivity contribution in [2.24, 2.45) is 0 Å². The molecule has 3 heteroatoms. The zero-order valence-electron chi connectivity index (χ0n) is 11.7. The van der Waals surface area contributed by atoms with Gasteiger partial charge in [0.05, 0.1) is 10.6 Å². The molecule has 0 atom stereocenters. The number of fused-ring (bicyclic) bond motifs is 2. The van der Waals surface area contributed by atoms with Gasteiger partial charge in [0.2, 0.25) is 0 Å². The standard InChI is InChI=1S/C19H13NOS/c20-19-17(15-9-3-4-11-16(15)22-19)18(21)14-10-5-7-12-6-1-2-8-13(12)14/h1-11H,20H2. The number of anilines is 1. The lowest BCUT2D eigenvalue weighted by Gasteiger charge is -2.06. The minimum Gasteiger partial charge on any atom is -0.390 e. The summed E-state index contributed by atoms with van der Waals surface area (Å²) in [6.45, 7) is 0. The highest BCUT2D eigenvalue weighted by Gasteiger charge is 2.20. The number of nitrogens with two attached hydrogens (primary N) is 1. The highest BCUT2D eigenvalue weighted by molar-refractivity contribution is 7.23. The third-order valence-electron chi connectivity index (χ3n) is 3.88. The zero-order chi connectivity index (χ0) is 15.1. The van der Waals surface area contributed by atoms with Crippen LogP contribution in [-0.2, 0) is 0 Å². The molecule has 22 heavy (non-hydrogen) atoms. The average Bonchev–Trinajstić information content (AvgIpc) is 2.89. The van der Waals surface area contributed by atoms with Gasteiger partial charge < -0.3 is 5.73 Å². The first-order chi connectivity index (χ1) is 10.8. The molecule has 4 aromatic rings. The first-order valence-corrected chi connectivity index (χ1v) is 7.87. The van der Waals surface area contributed by atoms with E-state index in [0.29, 0.717) is 16.1 Å². The summed E-state index contributed by atoms with van der Waals surface area (Å²) in [5.41, 5.74) is 7.46. The smallest absolute Gasteiger partial charge is 0.197 e. The number of hydrogen-bond donors (Lipinski definition) is 1. The van der Waals surface area contributed by atoms with E-state index in [1.54, 1.807) is 0 Å². The molecule has 1 aromatic heterocycles. The van der Waals surface area contributed by atoms with Gasteiger partial charge in [0, 0.05) is 15.6 Å².